The molecule has 0 aromatic heterocycles. The number of hydrogen-bond donors (Lipinski definition) is 1. The molecule has 0 radical (unpaired) electrons. The van der Waals surface area contributed by atoms with Crippen molar-refractivity contribution in [1.82, 2.24) is 10.2 Å². The number of nitrogens with one attached hydrogen (secondary N) is 1. The molecule has 7 nitrogen and oxygen atoms in total. The lowest BCUT2D eigenvalue weighted by molar-refractivity contribution is -0.140. The van der Waals surface area contributed by atoms with Crippen LogP contribution in [0.5, 0.6) is 0 Å². The monoisotopic (exact) mass is 709 g/mol. The molecule has 0 bridgehead atoms. The number of carbonyl (C=O) groups is 2. The first-order valence-corrected chi connectivity index (χ1v) is 17.3. The van der Waals surface area contributed by atoms with E-state index in [1.165, 1.54) is 17.0 Å². The third kappa shape index (κ3) is 8.96. The van der Waals surface area contributed by atoms with E-state index in [0.29, 0.717) is 22.7 Å². The molecule has 4 aromatic rings. The average molecular weight is 711 g/mol. The lowest BCUT2D eigenvalue weighted by Crippen LogP contribution is -2.54. The van der Waals surface area contributed by atoms with E-state index in [-0.39, 0.29) is 29.8 Å². The Labute approximate surface area is 279 Å². The lowest BCUT2D eigenvalue weighted by Gasteiger charge is -2.34. The van der Waals surface area contributed by atoms with E-state index in [1.54, 1.807) is 43.3 Å². The van der Waals surface area contributed by atoms with Gasteiger partial charge in [0, 0.05) is 28.5 Å². The van der Waals surface area contributed by atoms with Crippen molar-refractivity contribution in [2.24, 2.45) is 0 Å². The Balaban J connectivity index is 1.82. The highest BCUT2D eigenvalue weighted by Gasteiger charge is 2.35. The van der Waals surface area contributed by atoms with E-state index in [1.807, 2.05) is 68.4 Å². The lowest BCUT2D eigenvalue weighted by atomic mass is 10.0. The molecular weight excluding hydrogens is 674 g/mol. The van der Waals surface area contributed by atoms with Crippen LogP contribution >= 0.6 is 27.5 Å². The maximum absolute atomic E-state index is 14.6. The summed E-state index contributed by atoms with van der Waals surface area (Å²) in [5.41, 5.74) is 2.58. The zero-order valence-corrected chi connectivity index (χ0v) is 28.6. The summed E-state index contributed by atoms with van der Waals surface area (Å²) in [7, 11) is -4.19. The van der Waals surface area contributed by atoms with Crippen molar-refractivity contribution in [3.8, 4) is 0 Å². The van der Waals surface area contributed by atoms with Gasteiger partial charge in [-0.1, -0.05) is 95.1 Å². The maximum Gasteiger partial charge on any atom is 0.264 e. The van der Waals surface area contributed by atoms with Crippen molar-refractivity contribution in [2.75, 3.05) is 10.8 Å². The zero-order valence-electron chi connectivity index (χ0n) is 25.5. The molecule has 4 aromatic carbocycles. The summed E-state index contributed by atoms with van der Waals surface area (Å²) in [6, 6.07) is 28.8. The van der Waals surface area contributed by atoms with Crippen molar-refractivity contribution in [3.63, 3.8) is 0 Å². The molecule has 4 rings (SSSR count). The van der Waals surface area contributed by atoms with E-state index in [4.69, 9.17) is 11.6 Å². The highest BCUT2D eigenvalue weighted by molar-refractivity contribution is 9.10. The second-order valence-corrected chi connectivity index (χ2v) is 14.1. The van der Waals surface area contributed by atoms with E-state index < -0.39 is 28.5 Å². The zero-order chi connectivity index (χ0) is 32.6. The van der Waals surface area contributed by atoms with Gasteiger partial charge in [-0.05, 0) is 79.4 Å². The molecule has 45 heavy (non-hydrogen) atoms. The van der Waals surface area contributed by atoms with Crippen LogP contribution in [-0.2, 0) is 32.6 Å². The van der Waals surface area contributed by atoms with E-state index in [2.05, 4.69) is 21.2 Å². The Bertz CT molecular complexity index is 1700. The number of benzene rings is 4. The molecule has 2 amide bonds. The second kappa shape index (κ2) is 15.6. The van der Waals surface area contributed by atoms with E-state index in [9.17, 15) is 18.0 Å². The fourth-order valence-electron chi connectivity index (χ4n) is 4.91. The number of nitrogens with zero attached hydrogens (tertiary/aromatic N) is 2. The van der Waals surface area contributed by atoms with Gasteiger partial charge in [0.15, 0.2) is 0 Å². The summed E-state index contributed by atoms with van der Waals surface area (Å²) < 4.78 is 30.3. The SMILES string of the molecule is CC[C@H](C)NC(=O)[C@H](Cc1ccccc1)N(Cc1ccc(Br)cc1)C(=O)CN(c1ccc(Cl)cc1C)S(=O)(=O)c1ccccc1. The van der Waals surface area contributed by atoms with Gasteiger partial charge in [0.1, 0.15) is 12.6 Å². The van der Waals surface area contributed by atoms with Gasteiger partial charge in [-0.2, -0.15) is 0 Å². The van der Waals surface area contributed by atoms with Crippen LogP contribution in [0.1, 0.15) is 37.0 Å². The van der Waals surface area contributed by atoms with Gasteiger partial charge >= 0.3 is 0 Å². The number of carbonyl (C=O) groups excluding carboxylic acids is 2. The van der Waals surface area contributed by atoms with Gasteiger partial charge in [-0.3, -0.25) is 13.9 Å². The predicted molar refractivity (Wildman–Crippen MR) is 184 cm³/mol. The molecule has 0 saturated carbocycles. The van der Waals surface area contributed by atoms with Crippen molar-refractivity contribution in [3.05, 3.63) is 129 Å². The minimum absolute atomic E-state index is 0.0435. The highest BCUT2D eigenvalue weighted by Crippen LogP contribution is 2.29. The minimum Gasteiger partial charge on any atom is -0.352 e. The molecule has 0 aliphatic carbocycles. The molecule has 1 N–H and O–H groups in total. The molecule has 0 fully saturated rings. The summed E-state index contributed by atoms with van der Waals surface area (Å²) in [5.74, 6) is -0.828. The Kier molecular flexibility index (Phi) is 11.8. The fraction of sp³-hybridized carbons (Fsp3) is 0.257. The number of anilines is 1. The van der Waals surface area contributed by atoms with Crippen LogP contribution < -0.4 is 9.62 Å². The first kappa shape index (κ1) is 34.2. The van der Waals surface area contributed by atoms with E-state index in [0.717, 1.165) is 19.9 Å². The molecule has 10 heteroatoms. The Morgan fingerprint density at radius 1 is 0.889 bits per heavy atom. The van der Waals surface area contributed by atoms with Gasteiger partial charge < -0.3 is 10.2 Å². The van der Waals surface area contributed by atoms with Crippen LogP contribution in [-0.4, -0.2) is 43.8 Å². The maximum atomic E-state index is 14.6. The van der Waals surface area contributed by atoms with Crippen LogP contribution in [0, 0.1) is 6.92 Å². The molecule has 0 heterocycles. The standard InChI is InChI=1S/C35H37BrClN3O4S/c1-4-26(3)38-35(42)33(22-27-11-7-5-8-12-27)39(23-28-15-17-29(36)18-16-28)34(41)24-40(32-20-19-30(37)21-25(32)2)45(43,44)31-13-9-6-10-14-31/h5-21,26,33H,4,22-24H2,1-3H3,(H,38,42)/t26-,33-/m0/s1. The first-order valence-electron chi connectivity index (χ1n) is 14.7. The Morgan fingerprint density at radius 2 is 1.51 bits per heavy atom. The summed E-state index contributed by atoms with van der Waals surface area (Å²) in [5, 5.41) is 3.50. The van der Waals surface area contributed by atoms with Crippen molar-refractivity contribution in [2.45, 2.75) is 57.1 Å². The third-order valence-corrected chi connectivity index (χ3v) is 10.1. The van der Waals surface area contributed by atoms with Crippen LogP contribution in [0.2, 0.25) is 5.02 Å². The molecule has 0 aliphatic heterocycles. The van der Waals surface area contributed by atoms with Crippen LogP contribution in [0.3, 0.4) is 0 Å². The van der Waals surface area contributed by atoms with Crippen molar-refractivity contribution < 1.29 is 18.0 Å². The largest absolute Gasteiger partial charge is 0.352 e. The third-order valence-electron chi connectivity index (χ3n) is 7.58. The minimum atomic E-state index is -4.19. The van der Waals surface area contributed by atoms with Gasteiger partial charge in [-0.15, -0.1) is 0 Å². The molecule has 0 aliphatic rings. The van der Waals surface area contributed by atoms with Gasteiger partial charge in [0.05, 0.1) is 10.6 Å². The van der Waals surface area contributed by atoms with Gasteiger partial charge in [0.2, 0.25) is 11.8 Å². The normalized spacial score (nSPS) is 12.6. The summed E-state index contributed by atoms with van der Waals surface area (Å²) in [6.07, 6.45) is 0.959. The number of rotatable bonds is 13. The summed E-state index contributed by atoms with van der Waals surface area (Å²) in [6.45, 7) is 5.20. The van der Waals surface area contributed by atoms with Crippen LogP contribution in [0.25, 0.3) is 0 Å². The molecule has 0 saturated heterocycles. The highest BCUT2D eigenvalue weighted by atomic mass is 79.9. The quantitative estimate of drug-likeness (QED) is 0.160. The molecule has 2 atom stereocenters. The number of sulfonamides is 1. The number of hydrogen-bond acceptors (Lipinski definition) is 4. The summed E-state index contributed by atoms with van der Waals surface area (Å²) in [4.78, 5) is 30.0. The van der Waals surface area contributed by atoms with Gasteiger partial charge in [-0.25, -0.2) is 8.42 Å². The smallest absolute Gasteiger partial charge is 0.264 e. The van der Waals surface area contributed by atoms with Crippen LogP contribution in [0.4, 0.5) is 5.69 Å². The van der Waals surface area contributed by atoms with E-state index >= 15 is 0 Å². The summed E-state index contributed by atoms with van der Waals surface area (Å²) >= 11 is 9.69. The molecular formula is C35H37BrClN3O4S. The van der Waals surface area contributed by atoms with Crippen molar-refractivity contribution >= 4 is 55.1 Å². The Hall–Kier alpha value is -3.66. The average Bonchev–Trinajstić information content (AvgIpc) is 3.03. The number of amides is 2. The predicted octanol–water partition coefficient (Wildman–Crippen LogP) is 7.16. The topological polar surface area (TPSA) is 86.8 Å². The first-order chi connectivity index (χ1) is 21.5. The molecule has 0 spiro atoms. The fourth-order valence-corrected chi connectivity index (χ4v) is 6.90. The van der Waals surface area contributed by atoms with Crippen LogP contribution in [0.15, 0.2) is 112 Å². The number of halogens is 2. The molecule has 236 valence electrons. The second-order valence-electron chi connectivity index (χ2n) is 10.9. The molecule has 0 unspecified atom stereocenters. The van der Waals surface area contributed by atoms with Gasteiger partial charge in [0.25, 0.3) is 10.0 Å². The number of aryl methyl sites for hydroxylation is 1. The van der Waals surface area contributed by atoms with Crippen molar-refractivity contribution in [1.29, 1.82) is 0 Å². The Morgan fingerprint density at radius 3 is 2.11 bits per heavy atom.